The van der Waals surface area contributed by atoms with E-state index in [4.69, 9.17) is 23.2 Å². The Bertz CT molecular complexity index is 854. The topological polar surface area (TPSA) is 67.8 Å². The second-order valence-corrected chi connectivity index (χ2v) is 5.29. The van der Waals surface area contributed by atoms with Gasteiger partial charge in [-0.25, -0.2) is 9.37 Å². The van der Waals surface area contributed by atoms with E-state index < -0.39 is 11.7 Å². The van der Waals surface area contributed by atoms with Crippen molar-refractivity contribution >= 4 is 57.6 Å². The van der Waals surface area contributed by atoms with Crippen LogP contribution in [-0.4, -0.2) is 19.6 Å². The number of aromatic nitrogens is 3. The van der Waals surface area contributed by atoms with Crippen molar-refractivity contribution in [2.45, 2.75) is 0 Å². The van der Waals surface area contributed by atoms with Gasteiger partial charge in [-0.3, -0.25) is 4.79 Å². The van der Waals surface area contributed by atoms with Crippen molar-refractivity contribution in [3.63, 3.8) is 0 Å². The van der Waals surface area contributed by atoms with E-state index in [9.17, 15) is 9.18 Å². The van der Waals surface area contributed by atoms with Crippen molar-refractivity contribution in [1.29, 1.82) is 0 Å². The highest BCUT2D eigenvalue weighted by molar-refractivity contribution is 7.00. The third-order valence-electron chi connectivity index (χ3n) is 2.67. The molecule has 0 radical (unpaired) electrons. The van der Waals surface area contributed by atoms with E-state index in [-0.39, 0.29) is 10.7 Å². The first-order valence-corrected chi connectivity index (χ1v) is 7.08. The van der Waals surface area contributed by atoms with E-state index in [1.54, 1.807) is 12.1 Å². The maximum atomic E-state index is 13.2. The molecule has 9 heteroatoms. The molecule has 2 aromatic heterocycles. The van der Waals surface area contributed by atoms with Crippen LogP contribution in [0.2, 0.25) is 10.2 Å². The SMILES string of the molecule is O=C(Nc1c(Cl)ccc2nsnc12)c1cc(F)cnc1Cl. The predicted octanol–water partition coefficient (Wildman–Crippen LogP) is 3.78. The number of carbonyl (C=O) groups is 1. The second kappa shape index (κ2) is 5.51. The number of anilines is 1. The molecule has 0 aliphatic heterocycles. The number of nitrogens with zero attached hydrogens (tertiary/aromatic N) is 3. The molecule has 0 aliphatic rings. The molecule has 1 aromatic carbocycles. The summed E-state index contributed by atoms with van der Waals surface area (Å²) in [7, 11) is 0. The van der Waals surface area contributed by atoms with Crippen LogP contribution in [0.25, 0.3) is 11.0 Å². The van der Waals surface area contributed by atoms with E-state index in [1.807, 2.05) is 0 Å². The Morgan fingerprint density at radius 3 is 2.90 bits per heavy atom. The molecule has 2 heterocycles. The zero-order valence-corrected chi connectivity index (χ0v) is 12.4. The van der Waals surface area contributed by atoms with E-state index in [2.05, 4.69) is 19.0 Å². The molecule has 0 saturated heterocycles. The first-order chi connectivity index (χ1) is 10.1. The van der Waals surface area contributed by atoms with Gasteiger partial charge in [-0.2, -0.15) is 8.75 Å². The number of carbonyl (C=O) groups excluding carboxylic acids is 1. The lowest BCUT2D eigenvalue weighted by molar-refractivity contribution is 0.102. The smallest absolute Gasteiger partial charge is 0.258 e. The van der Waals surface area contributed by atoms with Crippen LogP contribution in [0.3, 0.4) is 0 Å². The van der Waals surface area contributed by atoms with Crippen molar-refractivity contribution in [3.8, 4) is 0 Å². The van der Waals surface area contributed by atoms with Crippen LogP contribution in [0.4, 0.5) is 10.1 Å². The number of pyridine rings is 1. The molecule has 106 valence electrons. The summed E-state index contributed by atoms with van der Waals surface area (Å²) in [4.78, 5) is 15.8. The Kier molecular flexibility index (Phi) is 3.71. The van der Waals surface area contributed by atoms with Gasteiger partial charge in [0.2, 0.25) is 0 Å². The van der Waals surface area contributed by atoms with Crippen molar-refractivity contribution in [2.75, 3.05) is 5.32 Å². The average molecular weight is 343 g/mol. The summed E-state index contributed by atoms with van der Waals surface area (Å²) in [6.45, 7) is 0. The summed E-state index contributed by atoms with van der Waals surface area (Å²) < 4.78 is 21.3. The molecule has 0 unspecified atom stereocenters. The second-order valence-electron chi connectivity index (χ2n) is 4.00. The fourth-order valence-corrected chi connectivity index (χ4v) is 2.64. The van der Waals surface area contributed by atoms with Gasteiger partial charge in [-0.05, 0) is 18.2 Å². The van der Waals surface area contributed by atoms with Crippen LogP contribution in [-0.2, 0) is 0 Å². The van der Waals surface area contributed by atoms with E-state index in [0.717, 1.165) is 24.0 Å². The highest BCUT2D eigenvalue weighted by Crippen LogP contribution is 2.30. The van der Waals surface area contributed by atoms with Gasteiger partial charge in [0.15, 0.2) is 0 Å². The molecule has 1 N–H and O–H groups in total. The molecule has 0 aliphatic carbocycles. The van der Waals surface area contributed by atoms with Gasteiger partial charge < -0.3 is 5.32 Å². The van der Waals surface area contributed by atoms with E-state index in [1.165, 1.54) is 0 Å². The van der Waals surface area contributed by atoms with Crippen molar-refractivity contribution in [3.05, 3.63) is 46.0 Å². The van der Waals surface area contributed by atoms with E-state index in [0.29, 0.717) is 21.7 Å². The van der Waals surface area contributed by atoms with Crippen molar-refractivity contribution in [2.24, 2.45) is 0 Å². The van der Waals surface area contributed by atoms with Crippen LogP contribution >= 0.6 is 34.9 Å². The minimum Gasteiger partial charge on any atom is -0.319 e. The Hall–Kier alpha value is -1.83. The van der Waals surface area contributed by atoms with Crippen LogP contribution in [0.15, 0.2) is 24.4 Å². The number of fused-ring (bicyclic) bond motifs is 1. The number of hydrogen-bond donors (Lipinski definition) is 1. The largest absolute Gasteiger partial charge is 0.319 e. The van der Waals surface area contributed by atoms with Crippen LogP contribution < -0.4 is 5.32 Å². The number of benzene rings is 1. The Labute approximate surface area is 132 Å². The quantitative estimate of drug-likeness (QED) is 0.719. The van der Waals surface area contributed by atoms with Gasteiger partial charge in [-0.15, -0.1) is 0 Å². The lowest BCUT2D eigenvalue weighted by Crippen LogP contribution is -2.14. The third kappa shape index (κ3) is 2.67. The molecular formula is C12H5Cl2FN4OS. The van der Waals surface area contributed by atoms with Gasteiger partial charge >= 0.3 is 0 Å². The van der Waals surface area contributed by atoms with Crippen molar-refractivity contribution < 1.29 is 9.18 Å². The highest BCUT2D eigenvalue weighted by atomic mass is 35.5. The minimum atomic E-state index is -0.663. The number of nitrogens with one attached hydrogen (secondary N) is 1. The fraction of sp³-hybridized carbons (Fsp3) is 0. The Morgan fingerprint density at radius 2 is 2.10 bits per heavy atom. The summed E-state index contributed by atoms with van der Waals surface area (Å²) in [6.07, 6.45) is 0.928. The number of amides is 1. The molecular weight excluding hydrogens is 338 g/mol. The molecule has 3 aromatic rings. The lowest BCUT2D eigenvalue weighted by atomic mass is 10.2. The minimum absolute atomic E-state index is 0.0899. The standard InChI is InChI=1S/C12H5Cl2FN4OS/c13-7-1-2-8-10(19-21-18-8)9(7)17-12(20)6-3-5(15)4-16-11(6)14/h1-4H,(H,17,20). The maximum Gasteiger partial charge on any atom is 0.258 e. The molecule has 21 heavy (non-hydrogen) atoms. The Morgan fingerprint density at radius 1 is 1.29 bits per heavy atom. The summed E-state index contributed by atoms with van der Waals surface area (Å²) in [5.74, 6) is -1.29. The van der Waals surface area contributed by atoms with Crippen LogP contribution in [0, 0.1) is 5.82 Å². The molecule has 0 saturated carbocycles. The zero-order valence-electron chi connectivity index (χ0n) is 10.1. The normalized spacial score (nSPS) is 10.8. The van der Waals surface area contributed by atoms with Crippen molar-refractivity contribution in [1.82, 2.24) is 13.7 Å². The number of hydrogen-bond acceptors (Lipinski definition) is 5. The van der Waals surface area contributed by atoms with Gasteiger partial charge in [-0.1, -0.05) is 23.2 Å². The van der Waals surface area contributed by atoms with Gasteiger partial charge in [0.05, 0.1) is 34.2 Å². The first-order valence-electron chi connectivity index (χ1n) is 5.59. The molecule has 0 atom stereocenters. The fourth-order valence-electron chi connectivity index (χ4n) is 1.71. The van der Waals surface area contributed by atoms with Gasteiger partial charge in [0.1, 0.15) is 22.0 Å². The average Bonchev–Trinajstić information content (AvgIpc) is 2.93. The van der Waals surface area contributed by atoms with Gasteiger partial charge in [0, 0.05) is 0 Å². The monoisotopic (exact) mass is 342 g/mol. The maximum absolute atomic E-state index is 13.2. The first kappa shape index (κ1) is 14.1. The Balaban J connectivity index is 2.02. The molecule has 0 spiro atoms. The van der Waals surface area contributed by atoms with E-state index >= 15 is 0 Å². The molecule has 0 fully saturated rings. The van der Waals surface area contributed by atoms with Gasteiger partial charge in [0.25, 0.3) is 5.91 Å². The summed E-state index contributed by atoms with van der Waals surface area (Å²) in [5, 5.41) is 2.76. The molecule has 1 amide bonds. The predicted molar refractivity (Wildman–Crippen MR) is 79.6 cm³/mol. The number of rotatable bonds is 2. The molecule has 3 rings (SSSR count). The zero-order chi connectivity index (χ0) is 15.0. The van der Waals surface area contributed by atoms with Crippen LogP contribution in [0.5, 0.6) is 0 Å². The summed E-state index contributed by atoms with van der Waals surface area (Å²) in [6, 6.07) is 4.28. The third-order valence-corrected chi connectivity index (χ3v) is 3.82. The highest BCUT2D eigenvalue weighted by Gasteiger charge is 2.17. The molecule has 5 nitrogen and oxygen atoms in total. The number of halogens is 3. The molecule has 0 bridgehead atoms. The summed E-state index contributed by atoms with van der Waals surface area (Å²) >= 11 is 12.9. The lowest BCUT2D eigenvalue weighted by Gasteiger charge is -2.08. The summed E-state index contributed by atoms with van der Waals surface area (Å²) in [5.41, 5.74) is 1.27. The van der Waals surface area contributed by atoms with Crippen LogP contribution in [0.1, 0.15) is 10.4 Å².